The first kappa shape index (κ1) is 11.1. The van der Waals surface area contributed by atoms with Gasteiger partial charge in [-0.15, -0.1) is 0 Å². The van der Waals surface area contributed by atoms with Crippen LogP contribution in [0.15, 0.2) is 27.3 Å². The molecule has 2 aromatic rings. The van der Waals surface area contributed by atoms with Crippen LogP contribution in [0.4, 0.5) is 5.82 Å². The predicted octanol–water partition coefficient (Wildman–Crippen LogP) is 3.20. The minimum Gasteiger partial charge on any atom is -0.460 e. The SMILES string of the molecule is CC(C)c1cc(N)nc(-c2occc2Br)n1. The van der Waals surface area contributed by atoms with Gasteiger partial charge in [-0.3, -0.25) is 0 Å². The molecule has 0 fully saturated rings. The van der Waals surface area contributed by atoms with Gasteiger partial charge in [0.05, 0.1) is 10.7 Å². The zero-order valence-corrected chi connectivity index (χ0v) is 10.7. The lowest BCUT2D eigenvalue weighted by molar-refractivity contribution is 0.575. The van der Waals surface area contributed by atoms with Crippen molar-refractivity contribution in [1.82, 2.24) is 9.97 Å². The first-order valence-corrected chi connectivity index (χ1v) is 5.75. The third-order valence-electron chi connectivity index (χ3n) is 2.18. The van der Waals surface area contributed by atoms with Crippen LogP contribution in [0.25, 0.3) is 11.6 Å². The van der Waals surface area contributed by atoms with Gasteiger partial charge in [-0.1, -0.05) is 13.8 Å². The number of hydrogen-bond donors (Lipinski definition) is 1. The monoisotopic (exact) mass is 281 g/mol. The van der Waals surface area contributed by atoms with Crippen molar-refractivity contribution in [3.8, 4) is 11.6 Å². The minimum atomic E-state index is 0.304. The van der Waals surface area contributed by atoms with E-state index in [1.807, 2.05) is 0 Å². The maximum absolute atomic E-state index is 5.75. The van der Waals surface area contributed by atoms with Crippen molar-refractivity contribution in [2.75, 3.05) is 5.73 Å². The molecule has 2 aromatic heterocycles. The molecule has 0 amide bonds. The maximum atomic E-state index is 5.75. The molecule has 4 nitrogen and oxygen atoms in total. The molecule has 0 aliphatic heterocycles. The van der Waals surface area contributed by atoms with Crippen LogP contribution in [-0.2, 0) is 0 Å². The smallest absolute Gasteiger partial charge is 0.199 e. The molecule has 0 unspecified atom stereocenters. The van der Waals surface area contributed by atoms with Gasteiger partial charge in [0.2, 0.25) is 0 Å². The van der Waals surface area contributed by atoms with E-state index in [1.165, 1.54) is 0 Å². The zero-order chi connectivity index (χ0) is 11.7. The second kappa shape index (κ2) is 4.25. The Morgan fingerprint density at radius 2 is 2.12 bits per heavy atom. The predicted molar refractivity (Wildman–Crippen MR) is 65.9 cm³/mol. The fourth-order valence-corrected chi connectivity index (χ4v) is 1.71. The Labute approximate surface area is 102 Å². The Hall–Kier alpha value is -1.36. The van der Waals surface area contributed by atoms with Crippen molar-refractivity contribution in [2.24, 2.45) is 0 Å². The van der Waals surface area contributed by atoms with Gasteiger partial charge >= 0.3 is 0 Å². The third-order valence-corrected chi connectivity index (χ3v) is 2.80. The van der Waals surface area contributed by atoms with Crippen LogP contribution >= 0.6 is 15.9 Å². The van der Waals surface area contributed by atoms with Crippen molar-refractivity contribution >= 4 is 21.7 Å². The molecule has 2 rings (SSSR count). The Bertz CT molecular complexity index is 508. The van der Waals surface area contributed by atoms with Crippen molar-refractivity contribution in [2.45, 2.75) is 19.8 Å². The highest BCUT2D eigenvalue weighted by Gasteiger charge is 2.13. The van der Waals surface area contributed by atoms with Crippen molar-refractivity contribution in [3.05, 3.63) is 28.6 Å². The molecule has 0 saturated carbocycles. The van der Waals surface area contributed by atoms with Gasteiger partial charge in [0.25, 0.3) is 0 Å². The number of furan rings is 1. The van der Waals surface area contributed by atoms with E-state index >= 15 is 0 Å². The molecule has 0 aliphatic carbocycles. The Morgan fingerprint density at radius 1 is 1.38 bits per heavy atom. The van der Waals surface area contributed by atoms with E-state index in [2.05, 4.69) is 39.7 Å². The van der Waals surface area contributed by atoms with Gasteiger partial charge in [0, 0.05) is 11.8 Å². The van der Waals surface area contributed by atoms with Crippen LogP contribution in [0.3, 0.4) is 0 Å². The first-order valence-electron chi connectivity index (χ1n) is 4.95. The molecular formula is C11H12BrN3O. The lowest BCUT2D eigenvalue weighted by Crippen LogP contribution is -2.01. The first-order chi connectivity index (χ1) is 7.58. The minimum absolute atomic E-state index is 0.304. The number of hydrogen-bond acceptors (Lipinski definition) is 4. The van der Waals surface area contributed by atoms with E-state index in [4.69, 9.17) is 10.2 Å². The molecule has 2 N–H and O–H groups in total. The topological polar surface area (TPSA) is 64.9 Å². The number of nitrogens with zero attached hydrogens (tertiary/aromatic N) is 2. The highest BCUT2D eigenvalue weighted by molar-refractivity contribution is 9.10. The zero-order valence-electron chi connectivity index (χ0n) is 9.07. The van der Waals surface area contributed by atoms with Crippen LogP contribution in [0.1, 0.15) is 25.5 Å². The molecular weight excluding hydrogens is 270 g/mol. The standard InChI is InChI=1S/C11H12BrN3O/c1-6(2)8-5-9(13)15-11(14-8)10-7(12)3-4-16-10/h3-6H,1-2H3,(H2,13,14,15). The molecule has 16 heavy (non-hydrogen) atoms. The van der Waals surface area contributed by atoms with Gasteiger partial charge in [-0.25, -0.2) is 9.97 Å². The van der Waals surface area contributed by atoms with Gasteiger partial charge in [-0.2, -0.15) is 0 Å². The summed E-state index contributed by atoms with van der Waals surface area (Å²) < 4.78 is 6.14. The van der Waals surface area contributed by atoms with Gasteiger partial charge in [0.1, 0.15) is 5.82 Å². The number of anilines is 1. The molecule has 5 heteroatoms. The van der Waals surface area contributed by atoms with Crippen LogP contribution in [0.5, 0.6) is 0 Å². The molecule has 0 aromatic carbocycles. The summed E-state index contributed by atoms with van der Waals surface area (Å²) >= 11 is 3.37. The van der Waals surface area contributed by atoms with Crippen LogP contribution in [0.2, 0.25) is 0 Å². The van der Waals surface area contributed by atoms with Gasteiger partial charge in [0.15, 0.2) is 11.6 Å². The van der Waals surface area contributed by atoms with E-state index in [0.717, 1.165) is 10.2 Å². The second-order valence-corrected chi connectivity index (χ2v) is 4.65. The Morgan fingerprint density at radius 3 is 2.69 bits per heavy atom. The molecule has 0 aliphatic rings. The molecule has 0 bridgehead atoms. The second-order valence-electron chi connectivity index (χ2n) is 3.79. The highest BCUT2D eigenvalue weighted by Crippen LogP contribution is 2.28. The van der Waals surface area contributed by atoms with Crippen LogP contribution in [0, 0.1) is 0 Å². The van der Waals surface area contributed by atoms with E-state index in [1.54, 1.807) is 18.4 Å². The van der Waals surface area contributed by atoms with E-state index in [-0.39, 0.29) is 0 Å². The summed E-state index contributed by atoms with van der Waals surface area (Å²) in [6.45, 7) is 4.12. The molecule has 0 atom stereocenters. The molecule has 84 valence electrons. The van der Waals surface area contributed by atoms with Gasteiger partial charge < -0.3 is 10.2 Å². The maximum Gasteiger partial charge on any atom is 0.199 e. The molecule has 2 heterocycles. The summed E-state index contributed by atoms with van der Waals surface area (Å²) in [5, 5.41) is 0. The van der Waals surface area contributed by atoms with E-state index in [9.17, 15) is 0 Å². The van der Waals surface area contributed by atoms with Gasteiger partial charge in [-0.05, 0) is 27.9 Å². The molecule has 0 spiro atoms. The summed E-state index contributed by atoms with van der Waals surface area (Å²) in [5.74, 6) is 1.88. The number of nitrogen functional groups attached to an aromatic ring is 1. The lowest BCUT2D eigenvalue weighted by Gasteiger charge is -2.06. The fraction of sp³-hybridized carbons (Fsp3) is 0.273. The van der Waals surface area contributed by atoms with Crippen molar-refractivity contribution < 1.29 is 4.42 Å². The molecule has 0 radical (unpaired) electrons. The fourth-order valence-electron chi connectivity index (χ4n) is 1.34. The summed E-state index contributed by atoms with van der Waals surface area (Å²) in [5.41, 5.74) is 6.65. The van der Waals surface area contributed by atoms with Crippen molar-refractivity contribution in [1.29, 1.82) is 0 Å². The Balaban J connectivity index is 2.54. The highest BCUT2D eigenvalue weighted by atomic mass is 79.9. The third kappa shape index (κ3) is 2.09. The number of aromatic nitrogens is 2. The summed E-state index contributed by atoms with van der Waals surface area (Å²) in [4.78, 5) is 8.58. The quantitative estimate of drug-likeness (QED) is 0.918. The van der Waals surface area contributed by atoms with E-state index < -0.39 is 0 Å². The average Bonchev–Trinajstić information content (AvgIpc) is 2.63. The van der Waals surface area contributed by atoms with Crippen molar-refractivity contribution in [3.63, 3.8) is 0 Å². The van der Waals surface area contributed by atoms with Crippen LogP contribution < -0.4 is 5.73 Å². The summed E-state index contributed by atoms with van der Waals surface area (Å²) in [7, 11) is 0. The summed E-state index contributed by atoms with van der Waals surface area (Å²) in [6, 6.07) is 3.59. The summed E-state index contributed by atoms with van der Waals surface area (Å²) in [6.07, 6.45) is 1.58. The normalized spacial score (nSPS) is 11.0. The number of halogens is 1. The lowest BCUT2D eigenvalue weighted by atomic mass is 10.1. The van der Waals surface area contributed by atoms with Crippen LogP contribution in [-0.4, -0.2) is 9.97 Å². The average molecular weight is 282 g/mol. The molecule has 0 saturated heterocycles. The van der Waals surface area contributed by atoms with E-state index in [0.29, 0.717) is 23.3 Å². The largest absolute Gasteiger partial charge is 0.460 e. The Kier molecular flexibility index (Phi) is 2.96. The number of nitrogens with two attached hydrogens (primary N) is 1. The number of rotatable bonds is 2.